The zero-order valence-electron chi connectivity index (χ0n) is 22.8. The van der Waals surface area contributed by atoms with E-state index < -0.39 is 56.4 Å². The van der Waals surface area contributed by atoms with Crippen LogP contribution in [0, 0.1) is 0 Å². The van der Waals surface area contributed by atoms with E-state index in [4.69, 9.17) is 28.8 Å². The number of rotatable bonds is 13. The summed E-state index contributed by atoms with van der Waals surface area (Å²) in [6.45, 7) is -0.474. The summed E-state index contributed by atoms with van der Waals surface area (Å²) in [5.41, 5.74) is 16.2. The van der Waals surface area contributed by atoms with Gasteiger partial charge in [-0.05, 0) is 47.0 Å². The van der Waals surface area contributed by atoms with Crippen molar-refractivity contribution >= 4 is 55.4 Å². The fourth-order valence-electron chi connectivity index (χ4n) is 3.57. The number of benzene rings is 2. The third-order valence-corrected chi connectivity index (χ3v) is 8.64. The van der Waals surface area contributed by atoms with Crippen molar-refractivity contribution in [3.05, 3.63) is 76.6 Å². The van der Waals surface area contributed by atoms with Gasteiger partial charge in [0.15, 0.2) is 6.04 Å². The van der Waals surface area contributed by atoms with Gasteiger partial charge in [-0.2, -0.15) is 4.72 Å². The van der Waals surface area contributed by atoms with Gasteiger partial charge in [-0.1, -0.05) is 24.3 Å². The van der Waals surface area contributed by atoms with Gasteiger partial charge >= 0.3 is 6.03 Å². The molecular weight excluding hydrogens is 642 g/mol. The van der Waals surface area contributed by atoms with Crippen molar-refractivity contribution in [2.75, 3.05) is 13.6 Å². The number of nitrogens with zero attached hydrogens (tertiary/aromatic N) is 4. The third-order valence-electron chi connectivity index (χ3n) is 5.70. The maximum Gasteiger partial charge on any atom is 0.331 e. The summed E-state index contributed by atoms with van der Waals surface area (Å²) in [7, 11) is -7.34. The number of primary amides is 3. The molecule has 3 rings (SSSR count). The van der Waals surface area contributed by atoms with Crippen molar-refractivity contribution in [2.24, 2.45) is 17.2 Å². The van der Waals surface area contributed by atoms with Gasteiger partial charge in [0.1, 0.15) is 18.2 Å². The molecule has 0 aliphatic heterocycles. The molecule has 8 N–H and O–H groups in total. The topological polar surface area (TPSA) is 281 Å². The SMILES string of the molecule is CN(CC(N)=O)C(=O)NS(=O)(=O)c1ccc(Cc2nc(Cl)nc(Cc3ccc(S(=O)(=O)NC(C(N)=O)C(N)=O)cc3)n2)cc1. The van der Waals surface area contributed by atoms with E-state index in [1.165, 1.54) is 55.6 Å². The van der Waals surface area contributed by atoms with Gasteiger partial charge in [-0.15, -0.1) is 0 Å². The lowest BCUT2D eigenvalue weighted by Crippen LogP contribution is -2.52. The number of carbonyl (C=O) groups is 4. The second kappa shape index (κ2) is 13.7. The minimum Gasteiger partial charge on any atom is -0.368 e. The summed E-state index contributed by atoms with van der Waals surface area (Å²) in [5, 5.41) is -0.112. The van der Waals surface area contributed by atoms with E-state index in [1.807, 2.05) is 9.44 Å². The minimum absolute atomic E-state index is 0.112. The fourth-order valence-corrected chi connectivity index (χ4v) is 5.94. The Balaban J connectivity index is 1.70. The predicted octanol–water partition coefficient (Wildman–Crippen LogP) is -1.86. The van der Waals surface area contributed by atoms with Crippen LogP contribution in [0.4, 0.5) is 4.79 Å². The van der Waals surface area contributed by atoms with Crippen LogP contribution < -0.4 is 26.6 Å². The van der Waals surface area contributed by atoms with Crippen LogP contribution in [0.2, 0.25) is 5.28 Å². The number of urea groups is 1. The van der Waals surface area contributed by atoms with Crippen molar-refractivity contribution in [3.63, 3.8) is 0 Å². The fraction of sp³-hybridized carbons (Fsp3) is 0.208. The molecule has 3 aromatic rings. The highest BCUT2D eigenvalue weighted by molar-refractivity contribution is 7.90. The first-order valence-corrected chi connectivity index (χ1v) is 15.6. The monoisotopic (exact) mass is 667 g/mol. The highest BCUT2D eigenvalue weighted by atomic mass is 35.5. The first kappa shape index (κ1) is 33.8. The Morgan fingerprint density at radius 1 is 0.773 bits per heavy atom. The maximum atomic E-state index is 12.5. The normalized spacial score (nSPS) is 11.6. The first-order valence-electron chi connectivity index (χ1n) is 12.2. The van der Waals surface area contributed by atoms with E-state index in [2.05, 4.69) is 15.0 Å². The summed E-state index contributed by atoms with van der Waals surface area (Å²) in [6.07, 6.45) is 0.252. The van der Waals surface area contributed by atoms with Crippen LogP contribution in [0.5, 0.6) is 0 Å². The number of hydrogen-bond acceptors (Lipinski definition) is 11. The number of nitrogens with two attached hydrogens (primary N) is 3. The van der Waals surface area contributed by atoms with Crippen LogP contribution in [0.3, 0.4) is 0 Å². The summed E-state index contributed by atoms with van der Waals surface area (Å²) in [6, 6.07) is 7.92. The Bertz CT molecular complexity index is 1790. The van der Waals surface area contributed by atoms with Gasteiger partial charge < -0.3 is 22.1 Å². The largest absolute Gasteiger partial charge is 0.368 e. The van der Waals surface area contributed by atoms with E-state index in [1.54, 1.807) is 0 Å². The number of aromatic nitrogens is 3. The average Bonchev–Trinajstić information content (AvgIpc) is 2.91. The average molecular weight is 668 g/mol. The molecule has 1 heterocycles. The molecule has 2 aromatic carbocycles. The van der Waals surface area contributed by atoms with Gasteiger partial charge in [0.05, 0.1) is 9.79 Å². The van der Waals surface area contributed by atoms with Crippen molar-refractivity contribution in [1.82, 2.24) is 29.3 Å². The van der Waals surface area contributed by atoms with Gasteiger partial charge in [0.25, 0.3) is 10.0 Å². The molecule has 5 amide bonds. The zero-order chi connectivity index (χ0) is 32.8. The second-order valence-corrected chi connectivity index (χ2v) is 12.9. The lowest BCUT2D eigenvalue weighted by Gasteiger charge is -2.16. The van der Waals surface area contributed by atoms with Crippen LogP contribution in [0.25, 0.3) is 0 Å². The van der Waals surface area contributed by atoms with Gasteiger partial charge in [0, 0.05) is 19.9 Å². The lowest BCUT2D eigenvalue weighted by molar-refractivity contribution is -0.128. The Morgan fingerprint density at radius 2 is 1.20 bits per heavy atom. The maximum absolute atomic E-state index is 12.5. The van der Waals surface area contributed by atoms with E-state index in [0.29, 0.717) is 11.1 Å². The first-order chi connectivity index (χ1) is 20.5. The predicted molar refractivity (Wildman–Crippen MR) is 153 cm³/mol. The number of sulfonamides is 2. The van der Waals surface area contributed by atoms with E-state index in [-0.39, 0.29) is 39.6 Å². The van der Waals surface area contributed by atoms with Crippen molar-refractivity contribution in [3.8, 4) is 0 Å². The molecule has 44 heavy (non-hydrogen) atoms. The molecule has 0 bridgehead atoms. The Morgan fingerprint density at radius 3 is 1.61 bits per heavy atom. The van der Waals surface area contributed by atoms with Gasteiger partial charge in [-0.3, -0.25) is 14.4 Å². The number of carbonyl (C=O) groups excluding carboxylic acids is 4. The van der Waals surface area contributed by atoms with Crippen molar-refractivity contribution < 1.29 is 36.0 Å². The molecule has 0 saturated carbocycles. The van der Waals surface area contributed by atoms with Crippen molar-refractivity contribution in [2.45, 2.75) is 28.7 Å². The number of amides is 5. The lowest BCUT2D eigenvalue weighted by atomic mass is 10.1. The molecule has 0 unspecified atom stereocenters. The number of likely N-dealkylation sites (N-methyl/N-ethyl adjacent to an activating group) is 1. The molecule has 1 aromatic heterocycles. The minimum atomic E-state index is -4.31. The van der Waals surface area contributed by atoms with E-state index in [0.717, 1.165) is 4.90 Å². The van der Waals surface area contributed by atoms with Gasteiger partial charge in [-0.25, -0.2) is 41.3 Å². The van der Waals surface area contributed by atoms with E-state index >= 15 is 0 Å². The van der Waals surface area contributed by atoms with Crippen LogP contribution in [-0.2, 0) is 47.3 Å². The number of halogens is 1. The van der Waals surface area contributed by atoms with Crippen LogP contribution in [0.1, 0.15) is 22.8 Å². The van der Waals surface area contributed by atoms with Gasteiger partial charge in [0.2, 0.25) is 33.0 Å². The Kier molecular flexibility index (Phi) is 10.5. The highest BCUT2D eigenvalue weighted by Gasteiger charge is 2.28. The molecule has 20 heteroatoms. The molecule has 0 saturated heterocycles. The quantitative estimate of drug-likeness (QED) is 0.126. The van der Waals surface area contributed by atoms with E-state index in [9.17, 15) is 36.0 Å². The molecule has 0 fully saturated rings. The summed E-state index contributed by atoms with van der Waals surface area (Å²) >= 11 is 6.08. The molecule has 0 aliphatic rings. The third kappa shape index (κ3) is 9.14. The number of nitrogens with one attached hydrogen (secondary N) is 2. The standard InChI is InChI=1S/C24H26ClN9O8S2/c1-34(12-17(26)35)24(38)33-44(41,42)16-8-4-14(5-9-16)11-19-29-18(30-23(25)31-19)10-13-2-6-15(7-3-13)43(39,40)32-20(21(27)36)22(28)37/h2-9,20,32H,10-12H2,1H3,(H2,26,35)(H2,27,36)(H2,28,37)(H,33,38). The molecule has 0 spiro atoms. The van der Waals surface area contributed by atoms with Crippen LogP contribution in [-0.4, -0.2) is 80.1 Å². The molecule has 234 valence electrons. The molecule has 0 aliphatic carbocycles. The summed E-state index contributed by atoms with van der Waals surface area (Å²) in [5.74, 6) is -2.82. The number of hydrogen-bond donors (Lipinski definition) is 5. The summed E-state index contributed by atoms with van der Waals surface area (Å²) in [4.78, 5) is 58.6. The Labute approximate surface area is 256 Å². The molecule has 0 radical (unpaired) electrons. The second-order valence-electron chi connectivity index (χ2n) is 9.17. The molecular formula is C24H26ClN9O8S2. The summed E-state index contributed by atoms with van der Waals surface area (Å²) < 4.78 is 53.8. The highest BCUT2D eigenvalue weighted by Crippen LogP contribution is 2.16. The Hall–Kier alpha value is -4.72. The van der Waals surface area contributed by atoms with Crippen LogP contribution >= 0.6 is 11.6 Å². The van der Waals surface area contributed by atoms with Crippen LogP contribution in [0.15, 0.2) is 58.3 Å². The molecule has 0 atom stereocenters. The van der Waals surface area contributed by atoms with Crippen molar-refractivity contribution in [1.29, 1.82) is 0 Å². The smallest absolute Gasteiger partial charge is 0.331 e. The zero-order valence-corrected chi connectivity index (χ0v) is 25.2. The molecule has 17 nitrogen and oxygen atoms in total.